The maximum absolute atomic E-state index is 12.0. The van der Waals surface area contributed by atoms with Crippen LogP contribution in [0.3, 0.4) is 0 Å². The van der Waals surface area contributed by atoms with E-state index in [4.69, 9.17) is 4.74 Å². The van der Waals surface area contributed by atoms with Crippen LogP contribution in [0.5, 0.6) is 0 Å². The highest BCUT2D eigenvalue weighted by Crippen LogP contribution is 2.20. The highest BCUT2D eigenvalue weighted by molar-refractivity contribution is 6.12. The summed E-state index contributed by atoms with van der Waals surface area (Å²) in [4.78, 5) is 27.3. The molecule has 5 heteroatoms. The number of esters is 1. The van der Waals surface area contributed by atoms with Gasteiger partial charge in [-0.15, -0.1) is 0 Å². The first-order chi connectivity index (χ1) is 11.5. The Morgan fingerprint density at radius 1 is 1.08 bits per heavy atom. The molecule has 1 aliphatic heterocycles. The maximum atomic E-state index is 12.0. The van der Waals surface area contributed by atoms with Gasteiger partial charge in [0.15, 0.2) is 5.70 Å². The summed E-state index contributed by atoms with van der Waals surface area (Å²) in [5, 5.41) is 2.69. The zero-order chi connectivity index (χ0) is 17.1. The molecule has 0 aliphatic carbocycles. The maximum Gasteiger partial charge on any atom is 0.363 e. The highest BCUT2D eigenvalue weighted by Gasteiger charge is 2.23. The third-order valence-electron chi connectivity index (χ3n) is 3.45. The molecule has 3 rings (SSSR count). The number of hydrogen-bond donors (Lipinski definition) is 1. The molecule has 24 heavy (non-hydrogen) atoms. The number of carbonyl (C=O) groups is 2. The Bertz CT molecular complexity index is 847. The van der Waals surface area contributed by atoms with E-state index in [1.807, 2.05) is 31.2 Å². The number of benzene rings is 2. The van der Waals surface area contributed by atoms with E-state index in [1.165, 1.54) is 6.92 Å². The van der Waals surface area contributed by atoms with E-state index in [1.54, 1.807) is 30.3 Å². The number of amides is 1. The number of aryl methyl sites for hydroxylation is 1. The zero-order valence-corrected chi connectivity index (χ0v) is 13.4. The SMILES string of the molecule is CC(=O)Nc1ccc(/C=C2\N=C(c3ccc(C)cc3)OC2=O)cc1. The van der Waals surface area contributed by atoms with Crippen molar-refractivity contribution in [2.75, 3.05) is 5.32 Å². The third-order valence-corrected chi connectivity index (χ3v) is 3.45. The lowest BCUT2D eigenvalue weighted by atomic mass is 10.1. The minimum Gasteiger partial charge on any atom is -0.402 e. The highest BCUT2D eigenvalue weighted by atomic mass is 16.6. The molecular weight excluding hydrogens is 304 g/mol. The molecule has 0 unspecified atom stereocenters. The Morgan fingerprint density at radius 2 is 1.75 bits per heavy atom. The fourth-order valence-electron chi connectivity index (χ4n) is 2.25. The lowest BCUT2D eigenvalue weighted by Gasteiger charge is -2.01. The number of anilines is 1. The first-order valence-electron chi connectivity index (χ1n) is 7.48. The fraction of sp³-hybridized carbons (Fsp3) is 0.105. The van der Waals surface area contributed by atoms with Crippen molar-refractivity contribution in [3.8, 4) is 0 Å². The molecule has 1 heterocycles. The van der Waals surface area contributed by atoms with Crippen LogP contribution in [0.25, 0.3) is 6.08 Å². The summed E-state index contributed by atoms with van der Waals surface area (Å²) in [6.07, 6.45) is 1.65. The summed E-state index contributed by atoms with van der Waals surface area (Å²) in [6.45, 7) is 3.44. The largest absolute Gasteiger partial charge is 0.402 e. The molecular formula is C19H16N2O3. The van der Waals surface area contributed by atoms with Crippen LogP contribution in [0.2, 0.25) is 0 Å². The van der Waals surface area contributed by atoms with Crippen LogP contribution in [0.4, 0.5) is 5.69 Å². The van der Waals surface area contributed by atoms with Crippen LogP contribution in [-0.4, -0.2) is 17.8 Å². The molecule has 0 saturated heterocycles. The summed E-state index contributed by atoms with van der Waals surface area (Å²) >= 11 is 0. The summed E-state index contributed by atoms with van der Waals surface area (Å²) in [7, 11) is 0. The molecule has 0 bridgehead atoms. The van der Waals surface area contributed by atoms with Crippen LogP contribution < -0.4 is 5.32 Å². The molecule has 2 aromatic carbocycles. The third kappa shape index (κ3) is 3.57. The molecule has 1 N–H and O–H groups in total. The lowest BCUT2D eigenvalue weighted by molar-refractivity contribution is -0.129. The van der Waals surface area contributed by atoms with E-state index < -0.39 is 5.97 Å². The Kier molecular flexibility index (Phi) is 4.24. The van der Waals surface area contributed by atoms with E-state index in [0.29, 0.717) is 11.6 Å². The Balaban J connectivity index is 1.83. The topological polar surface area (TPSA) is 67.8 Å². The Hall–Kier alpha value is -3.21. The number of nitrogens with zero attached hydrogens (tertiary/aromatic N) is 1. The first-order valence-corrected chi connectivity index (χ1v) is 7.48. The fourth-order valence-corrected chi connectivity index (χ4v) is 2.25. The molecule has 2 aromatic rings. The second-order valence-electron chi connectivity index (χ2n) is 5.51. The molecule has 0 aromatic heterocycles. The van der Waals surface area contributed by atoms with Gasteiger partial charge in [0.25, 0.3) is 0 Å². The quantitative estimate of drug-likeness (QED) is 0.697. The van der Waals surface area contributed by atoms with Gasteiger partial charge in [-0.1, -0.05) is 29.8 Å². The Morgan fingerprint density at radius 3 is 2.38 bits per heavy atom. The number of rotatable bonds is 3. The van der Waals surface area contributed by atoms with Crippen molar-refractivity contribution < 1.29 is 14.3 Å². The number of ether oxygens (including phenoxy) is 1. The van der Waals surface area contributed by atoms with Crippen molar-refractivity contribution in [3.63, 3.8) is 0 Å². The number of nitrogens with one attached hydrogen (secondary N) is 1. The lowest BCUT2D eigenvalue weighted by Crippen LogP contribution is -2.05. The molecule has 0 spiro atoms. The summed E-state index contributed by atoms with van der Waals surface area (Å²) in [5.74, 6) is -0.301. The van der Waals surface area contributed by atoms with Crippen LogP contribution in [0.15, 0.2) is 59.2 Å². The van der Waals surface area contributed by atoms with E-state index in [2.05, 4.69) is 10.3 Å². The van der Waals surface area contributed by atoms with Crippen LogP contribution >= 0.6 is 0 Å². The van der Waals surface area contributed by atoms with Crippen molar-refractivity contribution in [1.82, 2.24) is 0 Å². The second-order valence-corrected chi connectivity index (χ2v) is 5.51. The van der Waals surface area contributed by atoms with Gasteiger partial charge in [-0.2, -0.15) is 0 Å². The average Bonchev–Trinajstić information content (AvgIpc) is 2.90. The summed E-state index contributed by atoms with van der Waals surface area (Å²) < 4.78 is 5.23. The van der Waals surface area contributed by atoms with Crippen molar-refractivity contribution in [1.29, 1.82) is 0 Å². The normalized spacial score (nSPS) is 15.2. The van der Waals surface area contributed by atoms with Gasteiger partial charge < -0.3 is 10.1 Å². The first kappa shape index (κ1) is 15.7. The van der Waals surface area contributed by atoms with Crippen LogP contribution in [-0.2, 0) is 14.3 Å². The molecule has 0 fully saturated rings. The monoisotopic (exact) mass is 320 g/mol. The average molecular weight is 320 g/mol. The van der Waals surface area contributed by atoms with Gasteiger partial charge in [0, 0.05) is 18.2 Å². The molecule has 0 saturated carbocycles. The summed E-state index contributed by atoms with van der Waals surface area (Å²) in [6, 6.07) is 14.7. The number of carbonyl (C=O) groups excluding carboxylic acids is 2. The van der Waals surface area contributed by atoms with E-state index in [0.717, 1.165) is 16.7 Å². The van der Waals surface area contributed by atoms with Gasteiger partial charge in [0.1, 0.15) is 0 Å². The van der Waals surface area contributed by atoms with Crippen molar-refractivity contribution in [2.45, 2.75) is 13.8 Å². The smallest absolute Gasteiger partial charge is 0.363 e. The molecule has 1 amide bonds. The zero-order valence-electron chi connectivity index (χ0n) is 13.4. The van der Waals surface area contributed by atoms with Gasteiger partial charge in [0.05, 0.1) is 0 Å². The van der Waals surface area contributed by atoms with Gasteiger partial charge >= 0.3 is 5.97 Å². The Labute approximate surface area is 139 Å². The molecule has 120 valence electrons. The van der Waals surface area contributed by atoms with E-state index >= 15 is 0 Å². The van der Waals surface area contributed by atoms with Crippen LogP contribution in [0, 0.1) is 6.92 Å². The van der Waals surface area contributed by atoms with Crippen LogP contribution in [0.1, 0.15) is 23.6 Å². The standard InChI is InChI=1S/C19H16N2O3/c1-12-3-7-15(8-4-12)18-21-17(19(23)24-18)11-14-5-9-16(10-6-14)20-13(2)22/h3-11H,1-2H3,(H,20,22)/b17-11-. The van der Waals surface area contributed by atoms with Crippen molar-refractivity contribution >= 4 is 29.5 Å². The molecule has 5 nitrogen and oxygen atoms in total. The minimum absolute atomic E-state index is 0.132. The van der Waals surface area contributed by atoms with Gasteiger partial charge in [-0.3, -0.25) is 4.79 Å². The second kappa shape index (κ2) is 6.50. The van der Waals surface area contributed by atoms with Crippen molar-refractivity contribution in [2.24, 2.45) is 4.99 Å². The number of aliphatic imine (C=N–C) groups is 1. The molecule has 0 atom stereocenters. The van der Waals surface area contributed by atoms with Gasteiger partial charge in [0.2, 0.25) is 11.8 Å². The van der Waals surface area contributed by atoms with Gasteiger partial charge in [-0.25, -0.2) is 9.79 Å². The van der Waals surface area contributed by atoms with E-state index in [-0.39, 0.29) is 11.6 Å². The predicted molar refractivity (Wildman–Crippen MR) is 92.5 cm³/mol. The predicted octanol–water partition coefficient (Wildman–Crippen LogP) is 3.30. The van der Waals surface area contributed by atoms with E-state index in [9.17, 15) is 9.59 Å². The summed E-state index contributed by atoms with van der Waals surface area (Å²) in [5.41, 5.74) is 3.63. The minimum atomic E-state index is -0.475. The molecule has 1 aliphatic rings. The number of cyclic esters (lactones) is 1. The van der Waals surface area contributed by atoms with Crippen molar-refractivity contribution in [3.05, 3.63) is 70.9 Å². The number of hydrogen-bond acceptors (Lipinski definition) is 4. The van der Waals surface area contributed by atoms with Gasteiger partial charge in [-0.05, 0) is 42.8 Å². The molecule has 0 radical (unpaired) electrons.